The van der Waals surface area contributed by atoms with Crippen LogP contribution in [-0.4, -0.2) is 34.4 Å². The first-order valence-corrected chi connectivity index (χ1v) is 7.02. The van der Waals surface area contributed by atoms with Crippen molar-refractivity contribution in [3.63, 3.8) is 0 Å². The number of aryl methyl sites for hydroxylation is 1. The molecule has 22 heavy (non-hydrogen) atoms. The molecule has 0 aliphatic heterocycles. The number of hydrogen-bond donors (Lipinski definition) is 2. The number of methoxy groups -OCH3 is 1. The molecule has 0 radical (unpaired) electrons. The lowest BCUT2D eigenvalue weighted by Gasteiger charge is -2.06. The molecule has 2 aromatic heterocycles. The Kier molecular flexibility index (Phi) is 5.11. The number of carbonyl (C=O) groups is 1. The number of rotatable bonds is 6. The van der Waals surface area contributed by atoms with Crippen LogP contribution >= 0.6 is 0 Å². The van der Waals surface area contributed by atoms with Crippen molar-refractivity contribution in [3.05, 3.63) is 51.2 Å². The molecule has 0 saturated heterocycles. The number of H-pyrrole nitrogens is 1. The van der Waals surface area contributed by atoms with Gasteiger partial charge in [-0.05, 0) is 26.0 Å². The predicted octanol–water partition coefficient (Wildman–Crippen LogP) is 0.765. The molecule has 7 nitrogen and oxygen atoms in total. The molecule has 0 aromatic carbocycles. The number of hydrogen-bond acceptors (Lipinski definition) is 4. The Hall–Kier alpha value is -2.41. The van der Waals surface area contributed by atoms with Gasteiger partial charge < -0.3 is 15.0 Å². The van der Waals surface area contributed by atoms with Crippen LogP contribution in [0.3, 0.4) is 0 Å². The van der Waals surface area contributed by atoms with Gasteiger partial charge in [0.25, 0.3) is 11.5 Å². The van der Waals surface area contributed by atoms with Crippen LogP contribution in [0.15, 0.2) is 23.1 Å². The molecule has 0 aliphatic rings. The minimum absolute atomic E-state index is 0.101. The van der Waals surface area contributed by atoms with Gasteiger partial charge in [-0.15, -0.1) is 0 Å². The predicted molar refractivity (Wildman–Crippen MR) is 81.8 cm³/mol. The zero-order valence-electron chi connectivity index (χ0n) is 13.0. The number of aromatic amines is 1. The molecular weight excluding hydrogens is 284 g/mol. The standard InChI is InChI=1S/C15H20N4O3/c1-10-13(11(2)19(18-10)7-8-22-3)9-17-15(21)12-5-4-6-16-14(12)20/h4-6H,7-9H2,1-3H3,(H,16,20)(H,17,21). The second-order valence-corrected chi connectivity index (χ2v) is 4.96. The van der Waals surface area contributed by atoms with Gasteiger partial charge >= 0.3 is 0 Å². The van der Waals surface area contributed by atoms with Crippen molar-refractivity contribution in [2.45, 2.75) is 26.9 Å². The first kappa shape index (κ1) is 16.0. The van der Waals surface area contributed by atoms with Gasteiger partial charge in [0.1, 0.15) is 5.56 Å². The Morgan fingerprint density at radius 3 is 2.91 bits per heavy atom. The van der Waals surface area contributed by atoms with Crippen molar-refractivity contribution < 1.29 is 9.53 Å². The molecule has 2 rings (SSSR count). The highest BCUT2D eigenvalue weighted by Crippen LogP contribution is 2.12. The summed E-state index contributed by atoms with van der Waals surface area (Å²) in [5.74, 6) is -0.398. The number of aromatic nitrogens is 3. The molecule has 0 atom stereocenters. The highest BCUT2D eigenvalue weighted by Gasteiger charge is 2.14. The van der Waals surface area contributed by atoms with E-state index in [4.69, 9.17) is 4.74 Å². The first-order chi connectivity index (χ1) is 10.5. The maximum absolute atomic E-state index is 12.1. The Bertz CT molecular complexity index is 718. The average Bonchev–Trinajstić information content (AvgIpc) is 2.77. The molecule has 0 spiro atoms. The number of nitrogens with zero attached hydrogens (tertiary/aromatic N) is 2. The Balaban J connectivity index is 2.09. The number of ether oxygens (including phenoxy) is 1. The van der Waals surface area contributed by atoms with Crippen molar-refractivity contribution >= 4 is 5.91 Å². The minimum atomic E-state index is -0.399. The zero-order valence-corrected chi connectivity index (χ0v) is 13.0. The number of carbonyl (C=O) groups excluding carboxylic acids is 1. The topological polar surface area (TPSA) is 89.0 Å². The average molecular weight is 304 g/mol. The van der Waals surface area contributed by atoms with Crippen LogP contribution in [-0.2, 0) is 17.8 Å². The van der Waals surface area contributed by atoms with Crippen LogP contribution in [0.4, 0.5) is 0 Å². The van der Waals surface area contributed by atoms with E-state index >= 15 is 0 Å². The lowest BCUT2D eigenvalue weighted by atomic mass is 10.2. The second-order valence-electron chi connectivity index (χ2n) is 4.96. The van der Waals surface area contributed by atoms with E-state index in [0.29, 0.717) is 19.7 Å². The van der Waals surface area contributed by atoms with Crippen molar-refractivity contribution in [2.75, 3.05) is 13.7 Å². The van der Waals surface area contributed by atoms with Gasteiger partial charge in [0, 0.05) is 31.1 Å². The Morgan fingerprint density at radius 1 is 1.45 bits per heavy atom. The van der Waals surface area contributed by atoms with E-state index in [1.54, 1.807) is 13.2 Å². The third kappa shape index (κ3) is 3.43. The molecule has 1 amide bonds. The van der Waals surface area contributed by atoms with Gasteiger partial charge in [-0.1, -0.05) is 0 Å². The van der Waals surface area contributed by atoms with Crippen LogP contribution in [0.5, 0.6) is 0 Å². The van der Waals surface area contributed by atoms with E-state index in [0.717, 1.165) is 17.0 Å². The number of nitrogens with one attached hydrogen (secondary N) is 2. The molecule has 0 fully saturated rings. The van der Waals surface area contributed by atoms with Gasteiger partial charge in [-0.2, -0.15) is 5.10 Å². The Labute approximate surface area is 128 Å². The molecule has 118 valence electrons. The fourth-order valence-corrected chi connectivity index (χ4v) is 2.25. The molecule has 7 heteroatoms. The maximum Gasteiger partial charge on any atom is 0.260 e. The van der Waals surface area contributed by atoms with E-state index in [9.17, 15) is 9.59 Å². The highest BCUT2D eigenvalue weighted by molar-refractivity contribution is 5.93. The SMILES string of the molecule is COCCn1nc(C)c(CNC(=O)c2ccc[nH]c2=O)c1C. The summed E-state index contributed by atoms with van der Waals surface area (Å²) in [5, 5.41) is 7.20. The lowest BCUT2D eigenvalue weighted by Crippen LogP contribution is -2.29. The molecule has 0 bridgehead atoms. The first-order valence-electron chi connectivity index (χ1n) is 7.02. The van der Waals surface area contributed by atoms with E-state index in [2.05, 4.69) is 15.4 Å². The van der Waals surface area contributed by atoms with Crippen LogP contribution in [0.25, 0.3) is 0 Å². The fourth-order valence-electron chi connectivity index (χ4n) is 2.25. The summed E-state index contributed by atoms with van der Waals surface area (Å²) in [5.41, 5.74) is 2.50. The molecule has 0 unspecified atom stereocenters. The van der Waals surface area contributed by atoms with Crippen LogP contribution in [0.1, 0.15) is 27.3 Å². The van der Waals surface area contributed by atoms with E-state index < -0.39 is 11.5 Å². The van der Waals surface area contributed by atoms with Crippen LogP contribution in [0, 0.1) is 13.8 Å². The zero-order chi connectivity index (χ0) is 16.1. The summed E-state index contributed by atoms with van der Waals surface area (Å²) in [4.78, 5) is 26.1. The van der Waals surface area contributed by atoms with Gasteiger partial charge in [-0.25, -0.2) is 0 Å². The number of amides is 1. The maximum atomic E-state index is 12.1. The van der Waals surface area contributed by atoms with E-state index in [1.165, 1.54) is 12.3 Å². The fraction of sp³-hybridized carbons (Fsp3) is 0.400. The third-order valence-electron chi connectivity index (χ3n) is 3.53. The summed E-state index contributed by atoms with van der Waals surface area (Å²) in [6.45, 7) is 5.42. The molecule has 0 aliphatic carbocycles. The van der Waals surface area contributed by atoms with Gasteiger partial charge in [0.15, 0.2) is 0 Å². The third-order valence-corrected chi connectivity index (χ3v) is 3.53. The van der Waals surface area contributed by atoms with Crippen LogP contribution in [0.2, 0.25) is 0 Å². The molecule has 2 N–H and O–H groups in total. The summed E-state index contributed by atoms with van der Waals surface area (Å²) >= 11 is 0. The quantitative estimate of drug-likeness (QED) is 0.825. The summed E-state index contributed by atoms with van der Waals surface area (Å²) in [6, 6.07) is 3.12. The van der Waals surface area contributed by atoms with Gasteiger partial charge in [0.05, 0.1) is 18.8 Å². The highest BCUT2D eigenvalue weighted by atomic mass is 16.5. The molecule has 2 aromatic rings. The molecule has 2 heterocycles. The van der Waals surface area contributed by atoms with Crippen molar-refractivity contribution in [2.24, 2.45) is 0 Å². The summed E-state index contributed by atoms with van der Waals surface area (Å²) < 4.78 is 6.91. The lowest BCUT2D eigenvalue weighted by molar-refractivity contribution is 0.0949. The largest absolute Gasteiger partial charge is 0.383 e. The van der Waals surface area contributed by atoms with Gasteiger partial charge in [0.2, 0.25) is 0 Å². The normalized spacial score (nSPS) is 10.7. The van der Waals surface area contributed by atoms with E-state index in [1.807, 2.05) is 18.5 Å². The van der Waals surface area contributed by atoms with Crippen molar-refractivity contribution in [3.8, 4) is 0 Å². The number of pyridine rings is 1. The van der Waals surface area contributed by atoms with E-state index in [-0.39, 0.29) is 5.56 Å². The minimum Gasteiger partial charge on any atom is -0.383 e. The Morgan fingerprint density at radius 2 is 2.23 bits per heavy atom. The van der Waals surface area contributed by atoms with Crippen LogP contribution < -0.4 is 10.9 Å². The van der Waals surface area contributed by atoms with Crippen molar-refractivity contribution in [1.29, 1.82) is 0 Å². The monoisotopic (exact) mass is 304 g/mol. The molecule has 0 saturated carbocycles. The summed E-state index contributed by atoms with van der Waals surface area (Å²) in [7, 11) is 1.64. The van der Waals surface area contributed by atoms with Crippen molar-refractivity contribution in [1.82, 2.24) is 20.1 Å². The summed E-state index contributed by atoms with van der Waals surface area (Å²) in [6.07, 6.45) is 1.49. The second kappa shape index (κ2) is 7.04. The smallest absolute Gasteiger partial charge is 0.260 e. The molecular formula is C15H20N4O3. The van der Waals surface area contributed by atoms with Gasteiger partial charge in [-0.3, -0.25) is 14.3 Å².